The van der Waals surface area contributed by atoms with Crippen molar-refractivity contribution in [2.45, 2.75) is 30.8 Å². The minimum atomic E-state index is -4.21. The molecule has 1 atom stereocenters. The van der Waals surface area contributed by atoms with Crippen LogP contribution in [-0.2, 0) is 30.9 Å². The highest BCUT2D eigenvalue weighted by Crippen LogP contribution is 2.32. The summed E-state index contributed by atoms with van der Waals surface area (Å²) in [6, 6.07) is 11.1. The van der Waals surface area contributed by atoms with Crippen LogP contribution in [0.5, 0.6) is 5.75 Å². The molecule has 2 aromatic carbocycles. The van der Waals surface area contributed by atoms with Crippen molar-refractivity contribution in [2.24, 2.45) is 0 Å². The minimum Gasteiger partial charge on any atom is -0.481 e. The Balaban J connectivity index is 1.92. The molecule has 1 N–H and O–H groups in total. The molecule has 0 saturated carbocycles. The van der Waals surface area contributed by atoms with Crippen molar-refractivity contribution in [3.63, 3.8) is 0 Å². The lowest BCUT2D eigenvalue weighted by atomic mass is 10.1. The number of fused-ring (bicyclic) bond motifs is 1. The number of aliphatic carboxylic acids is 1. The quantitative estimate of drug-likeness (QED) is 0.597. The molecule has 0 fully saturated rings. The van der Waals surface area contributed by atoms with Crippen LogP contribution in [0.1, 0.15) is 18.9 Å². The van der Waals surface area contributed by atoms with Crippen LogP contribution in [0.15, 0.2) is 53.4 Å². The zero-order chi connectivity index (χ0) is 24.7. The van der Waals surface area contributed by atoms with E-state index in [0.29, 0.717) is 17.0 Å². The van der Waals surface area contributed by atoms with E-state index in [1.165, 1.54) is 36.3 Å². The van der Waals surface area contributed by atoms with Crippen molar-refractivity contribution >= 4 is 27.6 Å². The Hall–Kier alpha value is -3.39. The molecule has 9 nitrogen and oxygen atoms in total. The maximum atomic E-state index is 13.5. The van der Waals surface area contributed by atoms with Gasteiger partial charge in [-0.1, -0.05) is 37.0 Å². The molecule has 34 heavy (non-hydrogen) atoms. The fourth-order valence-corrected chi connectivity index (χ4v) is 5.12. The molecular weight excluding hydrogens is 460 g/mol. The number of anilines is 1. The van der Waals surface area contributed by atoms with Gasteiger partial charge in [-0.2, -0.15) is 4.31 Å². The van der Waals surface area contributed by atoms with E-state index in [4.69, 9.17) is 9.47 Å². The molecule has 0 spiro atoms. The maximum absolute atomic E-state index is 13.5. The Kier molecular flexibility index (Phi) is 8.28. The van der Waals surface area contributed by atoms with E-state index in [9.17, 15) is 23.1 Å². The van der Waals surface area contributed by atoms with Crippen molar-refractivity contribution in [3.8, 4) is 17.6 Å². The van der Waals surface area contributed by atoms with E-state index in [1.54, 1.807) is 31.2 Å². The SMILES string of the molecule is CCC(=O)N1CC(C(=O)O)N(S(=O)(=O)c2ccc(OCC#CCOC)cc2)Cc2ccccc21. The number of ether oxygens (including phenoxy) is 2. The van der Waals surface area contributed by atoms with Crippen molar-refractivity contribution in [1.82, 2.24) is 4.31 Å². The van der Waals surface area contributed by atoms with E-state index in [2.05, 4.69) is 11.8 Å². The molecule has 180 valence electrons. The molecule has 0 radical (unpaired) electrons. The largest absolute Gasteiger partial charge is 0.481 e. The smallest absolute Gasteiger partial charge is 0.323 e. The summed E-state index contributed by atoms with van der Waals surface area (Å²) in [4.78, 5) is 26.0. The second-order valence-electron chi connectivity index (χ2n) is 7.44. The van der Waals surface area contributed by atoms with E-state index in [-0.39, 0.29) is 43.5 Å². The molecule has 0 bridgehead atoms. The molecule has 3 rings (SSSR count). The molecule has 1 aliphatic rings. The van der Waals surface area contributed by atoms with Gasteiger partial charge in [-0.25, -0.2) is 8.42 Å². The van der Waals surface area contributed by atoms with Gasteiger partial charge in [0, 0.05) is 25.8 Å². The molecule has 1 aliphatic heterocycles. The third-order valence-electron chi connectivity index (χ3n) is 5.28. The van der Waals surface area contributed by atoms with Gasteiger partial charge in [-0.3, -0.25) is 9.59 Å². The summed E-state index contributed by atoms with van der Waals surface area (Å²) in [7, 11) is -2.68. The number of carboxylic acid groups (broad SMARTS) is 1. The fraction of sp³-hybridized carbons (Fsp3) is 0.333. The van der Waals surface area contributed by atoms with Crippen LogP contribution in [0.2, 0.25) is 0 Å². The molecule has 1 unspecified atom stereocenters. The number of nitrogens with zero attached hydrogens (tertiary/aromatic N) is 2. The molecule has 2 aromatic rings. The third-order valence-corrected chi connectivity index (χ3v) is 7.15. The van der Waals surface area contributed by atoms with Gasteiger partial charge in [0.25, 0.3) is 0 Å². The summed E-state index contributed by atoms with van der Waals surface area (Å²) < 4.78 is 38.3. The Morgan fingerprint density at radius 3 is 2.41 bits per heavy atom. The number of carbonyl (C=O) groups excluding carboxylic acids is 1. The Labute approximate surface area is 198 Å². The molecule has 0 saturated heterocycles. The van der Waals surface area contributed by atoms with Crippen LogP contribution < -0.4 is 9.64 Å². The number of carbonyl (C=O) groups is 2. The second kappa shape index (κ2) is 11.2. The topological polar surface area (TPSA) is 113 Å². The lowest BCUT2D eigenvalue weighted by Crippen LogP contribution is -2.50. The number of rotatable bonds is 7. The minimum absolute atomic E-state index is 0.0793. The van der Waals surface area contributed by atoms with Crippen LogP contribution in [0, 0.1) is 11.8 Å². The van der Waals surface area contributed by atoms with Crippen LogP contribution in [0.25, 0.3) is 0 Å². The monoisotopic (exact) mass is 486 g/mol. The normalized spacial score (nSPS) is 16.1. The van der Waals surface area contributed by atoms with Gasteiger partial charge in [-0.05, 0) is 35.9 Å². The summed E-state index contributed by atoms with van der Waals surface area (Å²) in [5.41, 5.74) is 1.06. The van der Waals surface area contributed by atoms with Gasteiger partial charge in [0.1, 0.15) is 25.0 Å². The van der Waals surface area contributed by atoms with Gasteiger partial charge < -0.3 is 19.5 Å². The second-order valence-corrected chi connectivity index (χ2v) is 9.33. The number of benzene rings is 2. The van der Waals surface area contributed by atoms with E-state index < -0.39 is 22.0 Å². The molecule has 0 aliphatic carbocycles. The first-order valence-corrected chi connectivity index (χ1v) is 12.0. The van der Waals surface area contributed by atoms with E-state index in [1.807, 2.05) is 0 Å². The standard InChI is InChI=1S/C24H26N2O7S/c1-3-23(27)25-17-22(24(28)29)26(16-18-8-4-5-9-21(18)25)34(30,31)20-12-10-19(11-13-20)33-15-7-6-14-32-2/h4-5,8-13,22H,3,14-17H2,1-2H3,(H,28,29). The molecule has 1 heterocycles. The summed E-state index contributed by atoms with van der Waals surface area (Å²) >= 11 is 0. The molecule has 10 heteroatoms. The number of hydrogen-bond acceptors (Lipinski definition) is 6. The zero-order valence-corrected chi connectivity index (χ0v) is 19.7. The van der Waals surface area contributed by atoms with Crippen molar-refractivity contribution in [2.75, 3.05) is 31.8 Å². The average Bonchev–Trinajstić information content (AvgIpc) is 3.02. The summed E-state index contributed by atoms with van der Waals surface area (Å²) in [6.07, 6.45) is 0.157. The number of hydrogen-bond donors (Lipinski definition) is 1. The fourth-order valence-electron chi connectivity index (χ4n) is 3.57. The third kappa shape index (κ3) is 5.56. The number of para-hydroxylation sites is 1. The summed E-state index contributed by atoms with van der Waals surface area (Å²) in [5, 5.41) is 9.91. The van der Waals surface area contributed by atoms with Crippen molar-refractivity contribution < 1.29 is 32.6 Å². The van der Waals surface area contributed by atoms with Gasteiger partial charge >= 0.3 is 5.97 Å². The van der Waals surface area contributed by atoms with Gasteiger partial charge in [0.2, 0.25) is 15.9 Å². The molecule has 1 amide bonds. The first-order chi connectivity index (χ1) is 16.3. The van der Waals surface area contributed by atoms with E-state index in [0.717, 1.165) is 4.31 Å². The average molecular weight is 487 g/mol. The van der Waals surface area contributed by atoms with Gasteiger partial charge in [-0.15, -0.1) is 0 Å². The van der Waals surface area contributed by atoms with Crippen LogP contribution in [-0.4, -0.2) is 62.6 Å². The summed E-state index contributed by atoms with van der Waals surface area (Å²) in [6.45, 7) is 1.59. The lowest BCUT2D eigenvalue weighted by Gasteiger charge is -2.28. The number of methoxy groups -OCH3 is 1. The van der Waals surface area contributed by atoms with Crippen molar-refractivity contribution in [1.29, 1.82) is 0 Å². The van der Waals surface area contributed by atoms with Gasteiger partial charge in [0.15, 0.2) is 0 Å². The van der Waals surface area contributed by atoms with Crippen LogP contribution in [0.3, 0.4) is 0 Å². The number of amides is 1. The highest BCUT2D eigenvalue weighted by molar-refractivity contribution is 7.89. The molecule has 0 aromatic heterocycles. The summed E-state index contributed by atoms with van der Waals surface area (Å²) in [5.74, 6) is 4.31. The van der Waals surface area contributed by atoms with Gasteiger partial charge in [0.05, 0.1) is 11.4 Å². The highest BCUT2D eigenvalue weighted by atomic mass is 32.2. The Bertz CT molecular complexity index is 1200. The lowest BCUT2D eigenvalue weighted by molar-refractivity contribution is -0.141. The number of sulfonamides is 1. The first kappa shape index (κ1) is 25.2. The predicted octanol–water partition coefficient (Wildman–Crippen LogP) is 2.12. The molecular formula is C24H26N2O7S. The van der Waals surface area contributed by atoms with Crippen molar-refractivity contribution in [3.05, 3.63) is 54.1 Å². The Morgan fingerprint density at radius 2 is 1.76 bits per heavy atom. The zero-order valence-electron chi connectivity index (χ0n) is 18.9. The maximum Gasteiger partial charge on any atom is 0.323 e. The van der Waals surface area contributed by atoms with Crippen LogP contribution in [0.4, 0.5) is 5.69 Å². The van der Waals surface area contributed by atoms with Crippen LogP contribution >= 0.6 is 0 Å². The number of carboxylic acids is 1. The first-order valence-electron chi connectivity index (χ1n) is 10.6. The predicted molar refractivity (Wildman–Crippen MR) is 125 cm³/mol. The highest BCUT2D eigenvalue weighted by Gasteiger charge is 2.41. The Morgan fingerprint density at radius 1 is 1.09 bits per heavy atom. The van der Waals surface area contributed by atoms with E-state index >= 15 is 0 Å².